The first-order chi connectivity index (χ1) is 15.6. The second kappa shape index (κ2) is 9.01. The van der Waals surface area contributed by atoms with Gasteiger partial charge in [-0.05, 0) is 0 Å². The molecule has 4 heteroatoms. The van der Waals surface area contributed by atoms with E-state index < -0.39 is 15.2 Å². The SMILES string of the molecule is CN(C)c1ccccc1-c1cccc[c]1[Pd]([Cl])[P](C1CC2CCC1C2)[C@@H]1CC2CCC1C2. The molecule has 4 aliphatic rings. The minimum absolute atomic E-state index is 0.0929. The molecule has 175 valence electrons. The van der Waals surface area contributed by atoms with Crippen LogP contribution in [0.5, 0.6) is 0 Å². The van der Waals surface area contributed by atoms with Crippen LogP contribution in [0.1, 0.15) is 51.4 Å². The Morgan fingerprint density at radius 1 is 0.750 bits per heavy atom. The maximum absolute atomic E-state index is 7.83. The molecular formula is C28H36ClNPPd. The number of anilines is 1. The van der Waals surface area contributed by atoms with Crippen LogP contribution >= 0.6 is 15.6 Å². The molecule has 2 aromatic rings. The molecule has 0 saturated heterocycles. The normalized spacial score (nSPS) is 34.2. The summed E-state index contributed by atoms with van der Waals surface area (Å²) >= 11 is -1.30. The predicted molar refractivity (Wildman–Crippen MR) is 137 cm³/mol. The summed E-state index contributed by atoms with van der Waals surface area (Å²) in [5.41, 5.74) is 5.99. The van der Waals surface area contributed by atoms with E-state index in [1.165, 1.54) is 72.2 Å². The van der Waals surface area contributed by atoms with E-state index in [4.69, 9.17) is 9.53 Å². The first-order valence-electron chi connectivity index (χ1n) is 12.5. The van der Waals surface area contributed by atoms with Gasteiger partial charge < -0.3 is 0 Å². The zero-order chi connectivity index (χ0) is 21.8. The monoisotopic (exact) mass is 558 g/mol. The summed E-state index contributed by atoms with van der Waals surface area (Å²) in [6, 6.07) is 18.1. The summed E-state index contributed by atoms with van der Waals surface area (Å²) in [6.07, 6.45) is 11.9. The van der Waals surface area contributed by atoms with Gasteiger partial charge in [0.2, 0.25) is 0 Å². The third kappa shape index (κ3) is 3.83. The summed E-state index contributed by atoms with van der Waals surface area (Å²) in [7, 11) is 12.1. The molecule has 0 heterocycles. The number of rotatable bonds is 6. The Hall–Kier alpha value is -0.378. The molecule has 4 bridgehead atoms. The molecule has 0 spiro atoms. The van der Waals surface area contributed by atoms with Crippen LogP contribution in [-0.4, -0.2) is 25.4 Å². The van der Waals surface area contributed by atoms with Gasteiger partial charge in [0.15, 0.2) is 0 Å². The van der Waals surface area contributed by atoms with Crippen molar-refractivity contribution < 1.29 is 15.2 Å². The summed E-state index contributed by atoms with van der Waals surface area (Å²) in [6.45, 7) is 0. The van der Waals surface area contributed by atoms with Crippen molar-refractivity contribution in [1.29, 1.82) is 0 Å². The molecule has 0 radical (unpaired) electrons. The van der Waals surface area contributed by atoms with Crippen LogP contribution < -0.4 is 8.94 Å². The quantitative estimate of drug-likeness (QED) is 0.261. The molecule has 0 N–H and O–H groups in total. The number of para-hydroxylation sites is 1. The van der Waals surface area contributed by atoms with E-state index in [0.29, 0.717) is 0 Å². The van der Waals surface area contributed by atoms with Gasteiger partial charge in [0.05, 0.1) is 0 Å². The van der Waals surface area contributed by atoms with Gasteiger partial charge in [-0.15, -0.1) is 0 Å². The van der Waals surface area contributed by atoms with E-state index in [1.54, 1.807) is 0 Å². The Balaban J connectivity index is 1.41. The Kier molecular flexibility index (Phi) is 6.22. The molecule has 4 aliphatic carbocycles. The standard InChI is InChI=1S/C14H14N.C14H22P.ClH.Pd/c1-15(2)14-11-7-6-10-13(14)12-8-4-3-5-9-12;1-3-11-5-9(1)7-13(11)15-14-8-10-2-4-12(14)6-10;;/h3-8,10-11H,1-2H3;9-14H,1-8H2;1H;/q;-1;;+2/p-1/t;9?,10?,11?,12?,13-,14?;;/m.1../s1. The summed E-state index contributed by atoms with van der Waals surface area (Å²) < 4.78 is 1.52. The molecule has 32 heavy (non-hydrogen) atoms. The molecule has 0 aromatic heterocycles. The Morgan fingerprint density at radius 3 is 1.84 bits per heavy atom. The molecule has 4 fully saturated rings. The minimum atomic E-state index is -1.30. The third-order valence-electron chi connectivity index (χ3n) is 8.80. The van der Waals surface area contributed by atoms with Crippen molar-refractivity contribution in [2.45, 2.75) is 62.7 Å². The van der Waals surface area contributed by atoms with Crippen LogP contribution in [0.25, 0.3) is 11.1 Å². The van der Waals surface area contributed by atoms with E-state index in [1.807, 2.05) is 0 Å². The molecule has 2 aromatic carbocycles. The topological polar surface area (TPSA) is 3.24 Å². The third-order valence-corrected chi connectivity index (χ3v) is 22.0. The predicted octanol–water partition coefficient (Wildman–Crippen LogP) is 7.59. The van der Waals surface area contributed by atoms with Gasteiger partial charge in [0.1, 0.15) is 0 Å². The Bertz CT molecular complexity index is 951. The number of nitrogens with zero attached hydrogens (tertiary/aromatic N) is 1. The maximum atomic E-state index is 7.83. The molecule has 0 amide bonds. The number of benzene rings is 2. The van der Waals surface area contributed by atoms with Crippen molar-refractivity contribution in [3.63, 3.8) is 0 Å². The zero-order valence-corrected chi connectivity index (χ0v) is 22.5. The average molecular weight is 559 g/mol. The van der Waals surface area contributed by atoms with Gasteiger partial charge in [-0.2, -0.15) is 0 Å². The van der Waals surface area contributed by atoms with Crippen LogP contribution in [0.2, 0.25) is 0 Å². The zero-order valence-electron chi connectivity index (χ0n) is 19.3. The average Bonchev–Trinajstić information content (AvgIpc) is 3.62. The molecule has 0 aliphatic heterocycles. The van der Waals surface area contributed by atoms with Gasteiger partial charge in [0.25, 0.3) is 0 Å². The van der Waals surface area contributed by atoms with Crippen molar-refractivity contribution in [2.75, 3.05) is 19.0 Å². The number of halogens is 1. The van der Waals surface area contributed by atoms with Crippen LogP contribution in [0.4, 0.5) is 5.69 Å². The van der Waals surface area contributed by atoms with Crippen molar-refractivity contribution in [3.8, 4) is 11.1 Å². The van der Waals surface area contributed by atoms with Gasteiger partial charge >= 0.3 is 206 Å². The number of fused-ring (bicyclic) bond motifs is 4. The van der Waals surface area contributed by atoms with Crippen LogP contribution in [-0.2, 0) is 15.2 Å². The van der Waals surface area contributed by atoms with E-state index in [2.05, 4.69) is 67.5 Å². The fourth-order valence-corrected chi connectivity index (χ4v) is 22.8. The van der Waals surface area contributed by atoms with Crippen molar-refractivity contribution in [3.05, 3.63) is 48.5 Å². The van der Waals surface area contributed by atoms with Gasteiger partial charge in [-0.3, -0.25) is 0 Å². The molecule has 6 rings (SSSR count). The number of hydrogen-bond donors (Lipinski definition) is 0. The van der Waals surface area contributed by atoms with Crippen molar-refractivity contribution >= 4 is 25.4 Å². The van der Waals surface area contributed by atoms with E-state index in [0.717, 1.165) is 35.0 Å². The van der Waals surface area contributed by atoms with Crippen LogP contribution in [0.15, 0.2) is 48.5 Å². The second-order valence-electron chi connectivity index (χ2n) is 10.8. The van der Waals surface area contributed by atoms with E-state index >= 15 is 0 Å². The molecule has 7 atom stereocenters. The Labute approximate surface area is 204 Å². The summed E-state index contributed by atoms with van der Waals surface area (Å²) in [5.74, 6) is 4.03. The first kappa shape index (κ1) is 22.1. The fraction of sp³-hybridized carbons (Fsp3) is 0.571. The van der Waals surface area contributed by atoms with Crippen molar-refractivity contribution in [2.24, 2.45) is 23.7 Å². The van der Waals surface area contributed by atoms with Crippen molar-refractivity contribution in [1.82, 2.24) is 0 Å². The summed E-state index contributed by atoms with van der Waals surface area (Å²) in [5, 5.41) is 0. The van der Waals surface area contributed by atoms with E-state index in [-0.39, 0.29) is 6.11 Å². The fourth-order valence-electron chi connectivity index (χ4n) is 7.37. The first-order valence-corrected chi connectivity index (χ1v) is 18.7. The van der Waals surface area contributed by atoms with Gasteiger partial charge in [0, 0.05) is 0 Å². The molecule has 6 unspecified atom stereocenters. The van der Waals surface area contributed by atoms with Gasteiger partial charge in [-0.1, -0.05) is 0 Å². The van der Waals surface area contributed by atoms with E-state index in [9.17, 15) is 0 Å². The second-order valence-corrected chi connectivity index (χ2v) is 21.0. The van der Waals surface area contributed by atoms with Gasteiger partial charge in [-0.25, -0.2) is 0 Å². The van der Waals surface area contributed by atoms with Crippen LogP contribution in [0, 0.1) is 23.7 Å². The molecule has 4 saturated carbocycles. The van der Waals surface area contributed by atoms with Crippen LogP contribution in [0.3, 0.4) is 0 Å². The summed E-state index contributed by atoms with van der Waals surface area (Å²) in [4.78, 5) is 2.25. The molecule has 1 nitrogen and oxygen atoms in total. The Morgan fingerprint density at radius 2 is 1.31 bits per heavy atom. The molecular weight excluding hydrogens is 523 g/mol. The number of hydrogen-bond acceptors (Lipinski definition) is 1.